The number of carbonyl (C=O) groups is 1. The number of rotatable bonds is 3. The van der Waals surface area contributed by atoms with Crippen LogP contribution >= 0.6 is 15.9 Å². The van der Waals surface area contributed by atoms with Crippen LogP contribution in [0.2, 0.25) is 0 Å². The number of halogens is 1. The van der Waals surface area contributed by atoms with Crippen LogP contribution in [0.4, 0.5) is 11.6 Å². The third-order valence-corrected chi connectivity index (χ3v) is 2.78. The molecule has 8 heteroatoms. The maximum Gasteiger partial charge on any atom is 0.293 e. The minimum Gasteiger partial charge on any atom is -0.495 e. The molecule has 18 heavy (non-hydrogen) atoms. The van der Waals surface area contributed by atoms with Crippen LogP contribution in [0.1, 0.15) is 10.6 Å². The summed E-state index contributed by atoms with van der Waals surface area (Å²) in [5, 5.41) is 8.65. The van der Waals surface area contributed by atoms with E-state index >= 15 is 0 Å². The zero-order chi connectivity index (χ0) is 13.1. The number of nitrogens with one attached hydrogen (secondary N) is 2. The average molecular weight is 312 g/mol. The Kier molecular flexibility index (Phi) is 3.47. The molecular weight excluding hydrogens is 302 g/mol. The lowest BCUT2D eigenvalue weighted by atomic mass is 10.3. The molecule has 1 aromatic carbocycles. The number of aromatic amines is 1. The first-order valence-corrected chi connectivity index (χ1v) is 5.72. The van der Waals surface area contributed by atoms with Crippen LogP contribution in [0.3, 0.4) is 0 Å². The van der Waals surface area contributed by atoms with E-state index < -0.39 is 5.91 Å². The van der Waals surface area contributed by atoms with Crippen LogP contribution < -0.4 is 15.8 Å². The Hall–Kier alpha value is -2.09. The van der Waals surface area contributed by atoms with Gasteiger partial charge in [-0.15, -0.1) is 5.10 Å². The molecule has 7 nitrogen and oxygen atoms in total. The van der Waals surface area contributed by atoms with E-state index in [9.17, 15) is 4.79 Å². The molecule has 0 atom stereocenters. The fourth-order valence-electron chi connectivity index (χ4n) is 1.30. The molecule has 1 aromatic heterocycles. The van der Waals surface area contributed by atoms with E-state index in [4.69, 9.17) is 10.5 Å². The van der Waals surface area contributed by atoms with E-state index in [2.05, 4.69) is 36.4 Å². The van der Waals surface area contributed by atoms with Crippen LogP contribution in [-0.2, 0) is 0 Å². The molecule has 4 N–H and O–H groups in total. The maximum atomic E-state index is 11.8. The highest BCUT2D eigenvalue weighted by Gasteiger charge is 2.11. The third kappa shape index (κ3) is 2.59. The van der Waals surface area contributed by atoms with Crippen molar-refractivity contribution < 1.29 is 9.53 Å². The highest BCUT2D eigenvalue weighted by Crippen LogP contribution is 2.27. The summed E-state index contributed by atoms with van der Waals surface area (Å²) in [5.74, 6) is 0.261. The van der Waals surface area contributed by atoms with Gasteiger partial charge in [0.25, 0.3) is 5.91 Å². The van der Waals surface area contributed by atoms with Gasteiger partial charge in [-0.25, -0.2) is 0 Å². The summed E-state index contributed by atoms with van der Waals surface area (Å²) in [5.41, 5.74) is 5.89. The largest absolute Gasteiger partial charge is 0.495 e. The van der Waals surface area contributed by atoms with E-state index in [1.807, 2.05) is 0 Å². The molecular formula is C10H10BrN5O2. The molecule has 0 saturated carbocycles. The first-order valence-electron chi connectivity index (χ1n) is 4.93. The summed E-state index contributed by atoms with van der Waals surface area (Å²) in [6.45, 7) is 0. The lowest BCUT2D eigenvalue weighted by Crippen LogP contribution is -2.13. The predicted octanol–water partition coefficient (Wildman–Crippen LogP) is 1.41. The Morgan fingerprint density at radius 1 is 1.56 bits per heavy atom. The molecule has 0 radical (unpaired) electrons. The lowest BCUT2D eigenvalue weighted by molar-refractivity contribution is 0.101. The van der Waals surface area contributed by atoms with Gasteiger partial charge in [-0.1, -0.05) is 0 Å². The van der Waals surface area contributed by atoms with Gasteiger partial charge in [0.15, 0.2) is 0 Å². The minimum atomic E-state index is -0.427. The smallest absolute Gasteiger partial charge is 0.293 e. The van der Waals surface area contributed by atoms with E-state index in [1.165, 1.54) is 0 Å². The summed E-state index contributed by atoms with van der Waals surface area (Å²) in [6.07, 6.45) is 0. The molecule has 0 saturated heterocycles. The first kappa shape index (κ1) is 12.4. The van der Waals surface area contributed by atoms with Crippen LogP contribution in [0.5, 0.6) is 5.75 Å². The SMILES string of the molecule is COc1cc(NC(=O)c2nc(N)n[nH]2)ccc1Br. The number of nitrogens with two attached hydrogens (primary N) is 1. The lowest BCUT2D eigenvalue weighted by Gasteiger charge is -2.07. The zero-order valence-corrected chi connectivity index (χ0v) is 11.0. The fourth-order valence-corrected chi connectivity index (χ4v) is 1.71. The number of ether oxygens (including phenoxy) is 1. The molecule has 0 fully saturated rings. The van der Waals surface area contributed by atoms with E-state index in [0.717, 1.165) is 4.47 Å². The van der Waals surface area contributed by atoms with Crippen molar-refractivity contribution in [3.63, 3.8) is 0 Å². The molecule has 2 rings (SSSR count). The second-order valence-corrected chi connectivity index (χ2v) is 4.20. The summed E-state index contributed by atoms with van der Waals surface area (Å²) < 4.78 is 5.92. The van der Waals surface area contributed by atoms with Crippen LogP contribution in [0, 0.1) is 0 Å². The molecule has 0 aliphatic carbocycles. The van der Waals surface area contributed by atoms with Gasteiger partial charge in [0.2, 0.25) is 11.8 Å². The van der Waals surface area contributed by atoms with Gasteiger partial charge in [-0.05, 0) is 28.1 Å². The van der Waals surface area contributed by atoms with Crippen molar-refractivity contribution in [1.29, 1.82) is 0 Å². The minimum absolute atomic E-state index is 0.0218. The van der Waals surface area contributed by atoms with Crippen molar-refractivity contribution in [3.05, 3.63) is 28.5 Å². The van der Waals surface area contributed by atoms with Gasteiger partial charge >= 0.3 is 0 Å². The Labute approximate surface area is 111 Å². The monoisotopic (exact) mass is 311 g/mol. The van der Waals surface area contributed by atoms with Crippen molar-refractivity contribution in [2.75, 3.05) is 18.2 Å². The summed E-state index contributed by atoms with van der Waals surface area (Å²) in [7, 11) is 1.54. The number of hydrogen-bond acceptors (Lipinski definition) is 5. The second kappa shape index (κ2) is 5.05. The normalized spacial score (nSPS) is 10.1. The van der Waals surface area contributed by atoms with Crippen molar-refractivity contribution in [2.45, 2.75) is 0 Å². The number of benzene rings is 1. The highest BCUT2D eigenvalue weighted by molar-refractivity contribution is 9.10. The molecule has 0 aliphatic heterocycles. The average Bonchev–Trinajstić information content (AvgIpc) is 2.78. The van der Waals surface area contributed by atoms with Crippen molar-refractivity contribution >= 4 is 33.5 Å². The Balaban J connectivity index is 2.16. The summed E-state index contributed by atoms with van der Waals surface area (Å²) in [4.78, 5) is 15.5. The van der Waals surface area contributed by atoms with Crippen LogP contribution in [0.25, 0.3) is 0 Å². The first-order chi connectivity index (χ1) is 8.60. The predicted molar refractivity (Wildman–Crippen MR) is 69.4 cm³/mol. The van der Waals surface area contributed by atoms with E-state index in [1.54, 1.807) is 25.3 Å². The molecule has 0 bridgehead atoms. The summed E-state index contributed by atoms with van der Waals surface area (Å²) >= 11 is 3.32. The number of nitrogens with zero attached hydrogens (tertiary/aromatic N) is 2. The Morgan fingerprint density at radius 2 is 2.33 bits per heavy atom. The van der Waals surface area contributed by atoms with E-state index in [-0.39, 0.29) is 11.8 Å². The number of nitrogen functional groups attached to an aromatic ring is 1. The zero-order valence-electron chi connectivity index (χ0n) is 9.40. The Morgan fingerprint density at radius 3 is 2.94 bits per heavy atom. The van der Waals surface area contributed by atoms with Gasteiger partial charge in [-0.3, -0.25) is 9.89 Å². The number of hydrogen-bond donors (Lipinski definition) is 3. The standard InChI is InChI=1S/C10H10BrN5O2/c1-18-7-4-5(2-3-6(7)11)13-9(17)8-14-10(12)16-15-8/h2-4H,1H3,(H,13,17)(H3,12,14,15,16). The number of H-pyrrole nitrogens is 1. The van der Waals surface area contributed by atoms with Gasteiger partial charge < -0.3 is 15.8 Å². The molecule has 1 amide bonds. The van der Waals surface area contributed by atoms with Gasteiger partial charge in [0, 0.05) is 11.8 Å². The quantitative estimate of drug-likeness (QED) is 0.794. The van der Waals surface area contributed by atoms with Crippen LogP contribution in [0.15, 0.2) is 22.7 Å². The molecule has 0 spiro atoms. The topological polar surface area (TPSA) is 106 Å². The second-order valence-electron chi connectivity index (χ2n) is 3.35. The number of carbonyl (C=O) groups excluding carboxylic acids is 1. The number of anilines is 2. The summed E-state index contributed by atoms with van der Waals surface area (Å²) in [6, 6.07) is 5.18. The van der Waals surface area contributed by atoms with Crippen molar-refractivity contribution in [2.24, 2.45) is 0 Å². The van der Waals surface area contributed by atoms with Gasteiger partial charge in [0.05, 0.1) is 11.6 Å². The fraction of sp³-hybridized carbons (Fsp3) is 0.100. The number of amides is 1. The number of aromatic nitrogens is 3. The third-order valence-electron chi connectivity index (χ3n) is 2.13. The Bertz CT molecular complexity index is 583. The van der Waals surface area contributed by atoms with E-state index in [0.29, 0.717) is 11.4 Å². The molecule has 0 aliphatic rings. The highest BCUT2D eigenvalue weighted by atomic mass is 79.9. The van der Waals surface area contributed by atoms with Crippen molar-refractivity contribution in [3.8, 4) is 5.75 Å². The van der Waals surface area contributed by atoms with Crippen LogP contribution in [-0.4, -0.2) is 28.2 Å². The molecule has 1 heterocycles. The molecule has 0 unspecified atom stereocenters. The molecule has 94 valence electrons. The van der Waals surface area contributed by atoms with Crippen molar-refractivity contribution in [1.82, 2.24) is 15.2 Å². The molecule has 2 aromatic rings. The number of methoxy groups -OCH3 is 1. The van der Waals surface area contributed by atoms with Gasteiger partial charge in [0.1, 0.15) is 5.75 Å². The maximum absolute atomic E-state index is 11.8. The van der Waals surface area contributed by atoms with Gasteiger partial charge in [-0.2, -0.15) is 4.98 Å².